The van der Waals surface area contributed by atoms with Gasteiger partial charge in [-0.1, -0.05) is 0 Å². The van der Waals surface area contributed by atoms with Gasteiger partial charge in [-0.25, -0.2) is 15.0 Å². The van der Waals surface area contributed by atoms with E-state index in [1.54, 1.807) is 29.5 Å². The Morgan fingerprint density at radius 3 is 3.00 bits per heavy atom. The van der Waals surface area contributed by atoms with E-state index in [1.165, 1.54) is 6.33 Å². The number of imidazole rings is 1. The highest BCUT2D eigenvalue weighted by atomic mass is 16.3. The molecule has 2 aromatic heterocycles. The third kappa shape index (κ3) is 1.41. The maximum absolute atomic E-state index is 9.00. The van der Waals surface area contributed by atoms with Gasteiger partial charge < -0.3 is 5.11 Å². The maximum Gasteiger partial charge on any atom is 0.146 e. The Morgan fingerprint density at radius 1 is 1.38 bits per heavy atom. The Kier molecular flexibility index (Phi) is 2.01. The molecule has 2 rings (SSSR count). The van der Waals surface area contributed by atoms with Gasteiger partial charge in [0.1, 0.15) is 18.5 Å². The molecule has 0 aliphatic rings. The van der Waals surface area contributed by atoms with Crippen LogP contribution in [0.4, 0.5) is 0 Å². The Balaban J connectivity index is 2.51. The normalized spacial score (nSPS) is 10.2. The van der Waals surface area contributed by atoms with Crippen LogP contribution >= 0.6 is 0 Å². The first-order valence-electron chi connectivity index (χ1n) is 3.80. The van der Waals surface area contributed by atoms with Crippen molar-refractivity contribution in [3.8, 4) is 5.82 Å². The summed E-state index contributed by atoms with van der Waals surface area (Å²) < 4.78 is 1.73. The van der Waals surface area contributed by atoms with E-state index in [9.17, 15) is 0 Å². The molecule has 0 fully saturated rings. The van der Waals surface area contributed by atoms with Gasteiger partial charge in [-0.3, -0.25) is 4.57 Å². The van der Waals surface area contributed by atoms with Gasteiger partial charge in [0.2, 0.25) is 0 Å². The van der Waals surface area contributed by atoms with E-state index < -0.39 is 0 Å². The number of hydrogen-bond donors (Lipinski definition) is 1. The van der Waals surface area contributed by atoms with Crippen molar-refractivity contribution in [3.05, 3.63) is 36.8 Å². The molecule has 0 spiro atoms. The summed E-state index contributed by atoms with van der Waals surface area (Å²) in [6, 6.07) is 0. The number of aliphatic hydroxyl groups is 1. The van der Waals surface area contributed by atoms with E-state index in [1.807, 2.05) is 0 Å². The zero-order valence-electron chi connectivity index (χ0n) is 6.83. The largest absolute Gasteiger partial charge is 0.391 e. The Morgan fingerprint density at radius 2 is 2.31 bits per heavy atom. The van der Waals surface area contributed by atoms with E-state index in [4.69, 9.17) is 5.11 Å². The topological polar surface area (TPSA) is 63.8 Å². The van der Waals surface area contributed by atoms with Crippen LogP contribution in [0.2, 0.25) is 0 Å². The van der Waals surface area contributed by atoms with E-state index in [2.05, 4.69) is 15.0 Å². The summed E-state index contributed by atoms with van der Waals surface area (Å²) in [5.41, 5.74) is 0.681. The average molecular weight is 176 g/mol. The molecule has 66 valence electrons. The van der Waals surface area contributed by atoms with Crippen LogP contribution in [-0.4, -0.2) is 24.6 Å². The summed E-state index contributed by atoms with van der Waals surface area (Å²) in [6.45, 7) is -0.0750. The fourth-order valence-electron chi connectivity index (χ4n) is 1.08. The monoisotopic (exact) mass is 176 g/mol. The lowest BCUT2D eigenvalue weighted by Crippen LogP contribution is -2.01. The zero-order valence-corrected chi connectivity index (χ0v) is 6.83. The van der Waals surface area contributed by atoms with Gasteiger partial charge in [0, 0.05) is 24.2 Å². The summed E-state index contributed by atoms with van der Waals surface area (Å²) in [6.07, 6.45) is 8.07. The summed E-state index contributed by atoms with van der Waals surface area (Å²) >= 11 is 0. The molecule has 13 heavy (non-hydrogen) atoms. The van der Waals surface area contributed by atoms with Crippen LogP contribution in [0.25, 0.3) is 5.82 Å². The second kappa shape index (κ2) is 3.32. The van der Waals surface area contributed by atoms with Crippen molar-refractivity contribution in [3.63, 3.8) is 0 Å². The van der Waals surface area contributed by atoms with Crippen LogP contribution in [0, 0.1) is 0 Å². The van der Waals surface area contributed by atoms with Crippen LogP contribution in [0.1, 0.15) is 5.56 Å². The minimum atomic E-state index is -0.0750. The van der Waals surface area contributed by atoms with Gasteiger partial charge in [0.25, 0.3) is 0 Å². The van der Waals surface area contributed by atoms with E-state index in [0.717, 1.165) is 0 Å². The quantitative estimate of drug-likeness (QED) is 0.707. The Labute approximate surface area is 74.7 Å². The molecule has 1 N–H and O–H groups in total. The van der Waals surface area contributed by atoms with Crippen LogP contribution in [-0.2, 0) is 6.61 Å². The van der Waals surface area contributed by atoms with E-state index in [-0.39, 0.29) is 6.61 Å². The Bertz CT molecular complexity index is 385. The molecule has 2 aromatic rings. The molecule has 5 heteroatoms. The molecule has 0 bridgehead atoms. The first-order valence-corrected chi connectivity index (χ1v) is 3.80. The average Bonchev–Trinajstić information content (AvgIpc) is 2.70. The molecule has 0 aliphatic carbocycles. The highest BCUT2D eigenvalue weighted by Gasteiger charge is 2.03. The molecule has 0 aliphatic heterocycles. The molecular weight excluding hydrogens is 168 g/mol. The highest BCUT2D eigenvalue weighted by molar-refractivity contribution is 5.30. The molecule has 0 aromatic carbocycles. The van der Waals surface area contributed by atoms with Crippen LogP contribution in [0.3, 0.4) is 0 Å². The fraction of sp³-hybridized carbons (Fsp3) is 0.125. The molecule has 5 nitrogen and oxygen atoms in total. The zero-order chi connectivity index (χ0) is 9.10. The summed E-state index contributed by atoms with van der Waals surface area (Å²) in [5.74, 6) is 0.662. The minimum absolute atomic E-state index is 0.0750. The summed E-state index contributed by atoms with van der Waals surface area (Å²) in [5, 5.41) is 9.00. The second-order valence-electron chi connectivity index (χ2n) is 2.50. The van der Waals surface area contributed by atoms with Crippen molar-refractivity contribution in [1.82, 2.24) is 19.5 Å². The standard InChI is InChI=1S/C8H8N4O/c13-4-7-3-10-5-11-8(7)12-2-1-9-6-12/h1-3,5-6,13H,4H2. The van der Waals surface area contributed by atoms with Crippen LogP contribution in [0.15, 0.2) is 31.2 Å². The number of aliphatic hydroxyl groups excluding tert-OH is 1. The first kappa shape index (κ1) is 7.88. The lowest BCUT2D eigenvalue weighted by Gasteiger charge is -2.04. The van der Waals surface area contributed by atoms with Gasteiger partial charge in [0.05, 0.1) is 6.61 Å². The van der Waals surface area contributed by atoms with Gasteiger partial charge in [0.15, 0.2) is 0 Å². The van der Waals surface area contributed by atoms with Crippen molar-refractivity contribution in [1.29, 1.82) is 0 Å². The lowest BCUT2D eigenvalue weighted by atomic mass is 10.3. The molecule has 2 heterocycles. The van der Waals surface area contributed by atoms with Gasteiger partial charge >= 0.3 is 0 Å². The lowest BCUT2D eigenvalue weighted by molar-refractivity contribution is 0.280. The molecule has 0 saturated heterocycles. The maximum atomic E-state index is 9.00. The predicted octanol–water partition coefficient (Wildman–Crippen LogP) is 0.155. The van der Waals surface area contributed by atoms with Gasteiger partial charge in [-0.2, -0.15) is 0 Å². The summed E-state index contributed by atoms with van der Waals surface area (Å²) in [7, 11) is 0. The molecule has 0 unspecified atom stereocenters. The predicted molar refractivity (Wildman–Crippen MR) is 45.1 cm³/mol. The molecular formula is C8H8N4O. The van der Waals surface area contributed by atoms with Crippen LogP contribution in [0.5, 0.6) is 0 Å². The smallest absolute Gasteiger partial charge is 0.146 e. The van der Waals surface area contributed by atoms with Crippen molar-refractivity contribution in [2.75, 3.05) is 0 Å². The minimum Gasteiger partial charge on any atom is -0.391 e. The number of rotatable bonds is 2. The molecule has 0 amide bonds. The highest BCUT2D eigenvalue weighted by Crippen LogP contribution is 2.08. The van der Waals surface area contributed by atoms with Crippen molar-refractivity contribution in [2.24, 2.45) is 0 Å². The third-order valence-electron chi connectivity index (χ3n) is 1.68. The van der Waals surface area contributed by atoms with Crippen molar-refractivity contribution < 1.29 is 5.11 Å². The summed E-state index contributed by atoms with van der Waals surface area (Å²) in [4.78, 5) is 11.8. The number of nitrogens with zero attached hydrogens (tertiary/aromatic N) is 4. The fourth-order valence-corrected chi connectivity index (χ4v) is 1.08. The number of aromatic nitrogens is 4. The van der Waals surface area contributed by atoms with Crippen molar-refractivity contribution >= 4 is 0 Å². The SMILES string of the molecule is OCc1cncnc1-n1ccnc1. The first-order chi connectivity index (χ1) is 6.42. The van der Waals surface area contributed by atoms with Gasteiger partial charge in [-0.05, 0) is 0 Å². The Hall–Kier alpha value is -1.75. The second-order valence-corrected chi connectivity index (χ2v) is 2.50. The van der Waals surface area contributed by atoms with Gasteiger partial charge in [-0.15, -0.1) is 0 Å². The molecule has 0 atom stereocenters. The van der Waals surface area contributed by atoms with E-state index in [0.29, 0.717) is 11.4 Å². The third-order valence-corrected chi connectivity index (χ3v) is 1.68. The number of hydrogen-bond acceptors (Lipinski definition) is 4. The van der Waals surface area contributed by atoms with Crippen molar-refractivity contribution in [2.45, 2.75) is 6.61 Å². The van der Waals surface area contributed by atoms with Crippen LogP contribution < -0.4 is 0 Å². The molecule has 0 saturated carbocycles. The molecule has 0 radical (unpaired) electrons. The van der Waals surface area contributed by atoms with E-state index >= 15 is 0 Å².